The minimum atomic E-state index is -3.18. The number of pyridine rings is 1. The van der Waals surface area contributed by atoms with E-state index in [0.29, 0.717) is 17.7 Å². The lowest BCUT2D eigenvalue weighted by molar-refractivity contribution is -0.295. The molecule has 0 radical (unpaired) electrons. The number of rotatable bonds is 10. The van der Waals surface area contributed by atoms with E-state index >= 15 is 4.39 Å². The second kappa shape index (κ2) is 18.3. The number of ether oxygens (including phenoxy) is 6. The lowest BCUT2D eigenvalue weighted by atomic mass is 9.73. The number of aliphatic hydroxyl groups is 1. The summed E-state index contributed by atoms with van der Waals surface area (Å²) in [6.45, 7) is 12.5. The average Bonchev–Trinajstić information content (AvgIpc) is 3.47. The number of carbonyl (C=O) groups is 4. The molecule has 0 aromatic carbocycles. The number of primary amides is 1. The minimum absolute atomic E-state index is 0.0345. The monoisotopic (exact) mass is 806 g/mol. The van der Waals surface area contributed by atoms with E-state index in [4.69, 9.17) is 39.0 Å². The van der Waals surface area contributed by atoms with Gasteiger partial charge in [-0.15, -0.1) is 0 Å². The Bertz CT molecular complexity index is 1690. The van der Waals surface area contributed by atoms with Gasteiger partial charge in [0.2, 0.25) is 5.91 Å². The van der Waals surface area contributed by atoms with Crippen molar-refractivity contribution in [1.29, 1.82) is 0 Å². The number of ketones is 1. The Hall–Kier alpha value is -4.03. The number of carbonyl (C=O) groups excluding carboxylic acids is 4. The fourth-order valence-corrected chi connectivity index (χ4v) is 8.26. The molecule has 3 N–H and O–H groups in total. The molecule has 0 spiro atoms. The van der Waals surface area contributed by atoms with E-state index < -0.39 is 89.1 Å². The van der Waals surface area contributed by atoms with Crippen LogP contribution in [-0.2, 0) is 42.8 Å². The zero-order valence-corrected chi connectivity index (χ0v) is 34.7. The molecule has 0 bridgehead atoms. The van der Waals surface area contributed by atoms with Crippen molar-refractivity contribution >= 4 is 35.6 Å². The van der Waals surface area contributed by atoms with Crippen molar-refractivity contribution in [2.45, 2.75) is 134 Å². The third-order valence-electron chi connectivity index (χ3n) is 11.5. The van der Waals surface area contributed by atoms with E-state index in [2.05, 4.69) is 10.1 Å². The van der Waals surface area contributed by atoms with E-state index in [1.807, 2.05) is 32.8 Å². The van der Waals surface area contributed by atoms with Crippen molar-refractivity contribution in [3.8, 4) is 0 Å². The summed E-state index contributed by atoms with van der Waals surface area (Å²) in [7, 11) is 5.05. The number of halogens is 1. The van der Waals surface area contributed by atoms with Gasteiger partial charge in [-0.25, -0.2) is 14.0 Å². The van der Waals surface area contributed by atoms with Gasteiger partial charge in [-0.2, -0.15) is 0 Å². The van der Waals surface area contributed by atoms with E-state index in [-0.39, 0.29) is 37.2 Å². The van der Waals surface area contributed by atoms with Gasteiger partial charge in [-0.3, -0.25) is 14.6 Å². The molecule has 1 aromatic heterocycles. The summed E-state index contributed by atoms with van der Waals surface area (Å²) in [5, 5.41) is 16.0. The molecule has 318 valence electrons. The van der Waals surface area contributed by atoms with Crippen molar-refractivity contribution in [3.05, 3.63) is 35.7 Å². The lowest BCUT2D eigenvalue weighted by Crippen LogP contribution is -2.61. The van der Waals surface area contributed by atoms with Gasteiger partial charge >= 0.3 is 12.1 Å². The maximum Gasteiger partial charge on any atom is 0.509 e. The molecule has 13 atom stereocenters. The largest absolute Gasteiger partial charge is 0.509 e. The maximum atomic E-state index is 16.7. The number of likely N-dealkylation sites (N-methyl/N-ethyl adjacent to an activating group) is 1. The molecule has 4 heterocycles. The highest BCUT2D eigenvalue weighted by molar-refractivity contribution is 6.08. The highest BCUT2D eigenvalue weighted by Gasteiger charge is 2.60. The summed E-state index contributed by atoms with van der Waals surface area (Å²) in [6, 6.07) is 1.20. The highest BCUT2D eigenvalue weighted by atomic mass is 19.1. The van der Waals surface area contributed by atoms with Crippen LogP contribution in [0, 0.1) is 17.8 Å². The van der Waals surface area contributed by atoms with Crippen molar-refractivity contribution < 1.29 is 61.9 Å². The van der Waals surface area contributed by atoms with Crippen molar-refractivity contribution in [2.24, 2.45) is 28.6 Å². The van der Waals surface area contributed by atoms with Crippen molar-refractivity contribution in [2.75, 3.05) is 27.8 Å². The van der Waals surface area contributed by atoms with Gasteiger partial charge in [-0.1, -0.05) is 38.9 Å². The fraction of sp³-hybridized carbons (Fsp3) is 0.700. The second-order valence-corrected chi connectivity index (χ2v) is 16.2. The number of alkyl halides is 1. The number of aliphatic hydroxyl groups excluding tert-OH is 1. The zero-order chi connectivity index (χ0) is 42.6. The first-order chi connectivity index (χ1) is 26.6. The first-order valence-electron chi connectivity index (χ1n) is 19.3. The Kier molecular flexibility index (Phi) is 14.6. The minimum Gasteiger partial charge on any atom is -0.455 e. The van der Waals surface area contributed by atoms with Gasteiger partial charge in [0.15, 0.2) is 23.8 Å². The van der Waals surface area contributed by atoms with Crippen LogP contribution < -0.4 is 5.73 Å². The van der Waals surface area contributed by atoms with Crippen LogP contribution >= 0.6 is 0 Å². The Morgan fingerprint density at radius 1 is 1.12 bits per heavy atom. The number of nitrogens with two attached hydrogens (primary N) is 1. The van der Waals surface area contributed by atoms with E-state index in [1.54, 1.807) is 45.2 Å². The first-order valence-corrected chi connectivity index (χ1v) is 19.3. The summed E-state index contributed by atoms with van der Waals surface area (Å²) in [6.07, 6.45) is -0.626. The number of oxime groups is 1. The normalized spacial score (nSPS) is 39.0. The molecule has 3 fully saturated rings. The van der Waals surface area contributed by atoms with Crippen LogP contribution in [0.5, 0.6) is 0 Å². The second-order valence-electron chi connectivity index (χ2n) is 16.2. The highest BCUT2D eigenvalue weighted by Crippen LogP contribution is 2.43. The predicted molar refractivity (Wildman–Crippen MR) is 204 cm³/mol. The molecule has 1 amide bonds. The van der Waals surface area contributed by atoms with Crippen LogP contribution in [0.1, 0.15) is 90.6 Å². The van der Waals surface area contributed by atoms with Gasteiger partial charge < -0.3 is 49.0 Å². The maximum absolute atomic E-state index is 16.7. The number of cyclic esters (lactones) is 1. The van der Waals surface area contributed by atoms with E-state index in [9.17, 15) is 24.3 Å². The standard InChI is InChI=1S/C40H59FN4O12/c1-12-28-40(8)33(56-37(50)57-40)23(4)29(44-52-15-13-14-25-17-26(34(42)48)20-43-19-25)21(2)18-38(6,51-11)32(24(5)31(47)39(7,41)36(49)54-28)55-35-30(46)27(45(9)10)16-22(3)53-35/h13-14,17,19-24,27-28,30,32-33,35,46H,12,15-16,18H2,1-11H3,(H2,42,48)/b14-13+,44-29+/t21-,22-,23+,24+,27+,28-,30-,32-,33-,35+,38-,39+,40-/m1/s1. The molecule has 1 aromatic rings. The Morgan fingerprint density at radius 3 is 2.42 bits per heavy atom. The number of fused-ring (bicyclic) bond motifs is 1. The summed E-state index contributed by atoms with van der Waals surface area (Å²) in [5.74, 6) is -5.96. The van der Waals surface area contributed by atoms with E-state index in [0.717, 1.165) is 6.92 Å². The molecule has 0 saturated carbocycles. The zero-order valence-electron chi connectivity index (χ0n) is 34.7. The number of amides is 1. The van der Waals surface area contributed by atoms with Crippen LogP contribution in [0.25, 0.3) is 6.08 Å². The molecular formula is C40H59FN4O12. The molecule has 3 aliphatic rings. The summed E-state index contributed by atoms with van der Waals surface area (Å²) >= 11 is 0. The number of nitrogens with zero attached hydrogens (tertiary/aromatic N) is 3. The van der Waals surface area contributed by atoms with Crippen LogP contribution in [-0.4, -0.2) is 132 Å². The fourth-order valence-electron chi connectivity index (χ4n) is 8.26. The average molecular weight is 807 g/mol. The van der Waals surface area contributed by atoms with Gasteiger partial charge in [0, 0.05) is 43.3 Å². The van der Waals surface area contributed by atoms with Gasteiger partial charge in [0.25, 0.3) is 5.67 Å². The molecule has 3 aliphatic heterocycles. The number of methoxy groups -OCH3 is 1. The summed E-state index contributed by atoms with van der Waals surface area (Å²) in [5.41, 5.74) is 0.348. The smallest absolute Gasteiger partial charge is 0.455 e. The third kappa shape index (κ3) is 9.82. The van der Waals surface area contributed by atoms with Gasteiger partial charge in [0.1, 0.15) is 18.8 Å². The summed E-state index contributed by atoms with van der Waals surface area (Å²) < 4.78 is 52.6. The molecule has 3 saturated heterocycles. The van der Waals surface area contributed by atoms with Gasteiger partial charge in [-0.05, 0) is 78.8 Å². The molecule has 57 heavy (non-hydrogen) atoms. The molecule has 0 unspecified atom stereocenters. The number of hydrogen-bond acceptors (Lipinski definition) is 15. The van der Waals surface area contributed by atoms with Crippen LogP contribution in [0.4, 0.5) is 9.18 Å². The van der Waals surface area contributed by atoms with E-state index in [1.165, 1.54) is 27.2 Å². The van der Waals surface area contributed by atoms with Crippen LogP contribution in [0.3, 0.4) is 0 Å². The lowest BCUT2D eigenvalue weighted by Gasteiger charge is -2.47. The number of Topliss-reactive ketones (excluding diaryl/α,β-unsaturated/α-hetero) is 1. The Balaban J connectivity index is 1.81. The van der Waals surface area contributed by atoms with Crippen LogP contribution in [0.15, 0.2) is 29.7 Å². The number of aromatic nitrogens is 1. The SMILES string of the molecule is CC[C@H]1OC(=O)[C@@](C)(F)C(=O)[C@H](C)[C@@H](O[C@@H]2O[C@H](C)C[C@H](N(C)C)[C@H]2O)[C@](C)(OC)C[C@@H](C)/C(=N\OC/C=C/c2cncc(C(N)=O)c2)[C@H](C)[C@H]2OC(=O)O[C@@]21C. The first kappa shape index (κ1) is 45.7. The molecule has 4 rings (SSSR count). The van der Waals surface area contributed by atoms with Crippen LogP contribution in [0.2, 0.25) is 0 Å². The third-order valence-corrected chi connectivity index (χ3v) is 11.5. The van der Waals surface area contributed by atoms with Crippen molar-refractivity contribution in [1.82, 2.24) is 9.88 Å². The number of esters is 1. The summed E-state index contributed by atoms with van der Waals surface area (Å²) in [4.78, 5) is 64.1. The predicted octanol–water partition coefficient (Wildman–Crippen LogP) is 4.01. The molecular weight excluding hydrogens is 747 g/mol. The quantitative estimate of drug-likeness (QED) is 0.148. The van der Waals surface area contributed by atoms with Gasteiger partial charge in [0.05, 0.1) is 29.1 Å². The van der Waals surface area contributed by atoms with Crippen molar-refractivity contribution in [3.63, 3.8) is 0 Å². The Morgan fingerprint density at radius 2 is 1.81 bits per heavy atom. The topological polar surface area (TPSA) is 208 Å². The molecule has 16 nitrogen and oxygen atoms in total. The molecule has 0 aliphatic carbocycles. The number of hydrogen-bond donors (Lipinski definition) is 2. The molecule has 17 heteroatoms. The Labute approximate surface area is 333 Å².